The average molecular weight is 169 g/mol. The molecule has 2 fully saturated rings. The highest BCUT2D eigenvalue weighted by Crippen LogP contribution is 2.58. The van der Waals surface area contributed by atoms with E-state index >= 15 is 0 Å². The Morgan fingerprint density at radius 1 is 1.50 bits per heavy atom. The van der Waals surface area contributed by atoms with Gasteiger partial charge in [-0.3, -0.25) is 4.79 Å². The van der Waals surface area contributed by atoms with Crippen molar-refractivity contribution in [3.63, 3.8) is 0 Å². The van der Waals surface area contributed by atoms with Crippen LogP contribution in [0.4, 0.5) is 0 Å². The molecular formula is C9H15NO2. The molecule has 1 aliphatic carbocycles. The van der Waals surface area contributed by atoms with Crippen molar-refractivity contribution in [2.75, 3.05) is 19.7 Å². The Morgan fingerprint density at radius 3 is 2.92 bits per heavy atom. The van der Waals surface area contributed by atoms with E-state index in [0.717, 1.165) is 13.1 Å². The standard InChI is InChI=1S/C9H15NO2/c11-7-12-6-8-5-9(8)1-3-10-4-2-9/h7-8,10H,1-6H2. The topological polar surface area (TPSA) is 38.3 Å². The van der Waals surface area contributed by atoms with E-state index in [0.29, 0.717) is 24.4 Å². The Morgan fingerprint density at radius 2 is 2.25 bits per heavy atom. The lowest BCUT2D eigenvalue weighted by molar-refractivity contribution is -0.129. The second kappa shape index (κ2) is 3.05. The number of carbonyl (C=O) groups is 1. The van der Waals surface area contributed by atoms with Crippen LogP contribution in [0.25, 0.3) is 0 Å². The maximum atomic E-state index is 9.97. The zero-order chi connectivity index (χ0) is 8.44. The third kappa shape index (κ3) is 1.33. The Hall–Kier alpha value is -0.570. The quantitative estimate of drug-likeness (QED) is 0.627. The Kier molecular flexibility index (Phi) is 2.05. The minimum Gasteiger partial charge on any atom is -0.468 e. The van der Waals surface area contributed by atoms with Crippen molar-refractivity contribution < 1.29 is 9.53 Å². The van der Waals surface area contributed by atoms with E-state index in [1.165, 1.54) is 19.3 Å². The van der Waals surface area contributed by atoms with Crippen molar-refractivity contribution in [1.82, 2.24) is 5.32 Å². The third-order valence-corrected chi connectivity index (χ3v) is 3.32. The van der Waals surface area contributed by atoms with Crippen molar-refractivity contribution in [2.45, 2.75) is 19.3 Å². The van der Waals surface area contributed by atoms with E-state index < -0.39 is 0 Å². The van der Waals surface area contributed by atoms with Crippen molar-refractivity contribution in [2.24, 2.45) is 11.3 Å². The molecule has 1 saturated carbocycles. The molecular weight excluding hydrogens is 154 g/mol. The molecule has 3 heteroatoms. The van der Waals surface area contributed by atoms with Crippen LogP contribution in [-0.4, -0.2) is 26.2 Å². The van der Waals surface area contributed by atoms with Crippen LogP contribution in [0.15, 0.2) is 0 Å². The van der Waals surface area contributed by atoms with Gasteiger partial charge in [-0.2, -0.15) is 0 Å². The van der Waals surface area contributed by atoms with Gasteiger partial charge in [0.15, 0.2) is 0 Å². The predicted molar refractivity (Wildman–Crippen MR) is 44.7 cm³/mol. The fourth-order valence-corrected chi connectivity index (χ4v) is 2.36. The van der Waals surface area contributed by atoms with Crippen LogP contribution in [0, 0.1) is 11.3 Å². The second-order valence-corrected chi connectivity index (χ2v) is 3.94. The largest absolute Gasteiger partial charge is 0.468 e. The maximum absolute atomic E-state index is 9.97. The SMILES string of the molecule is O=COCC1CC12CCNCC2. The van der Waals surface area contributed by atoms with Gasteiger partial charge in [-0.1, -0.05) is 0 Å². The molecule has 1 saturated heterocycles. The molecule has 1 N–H and O–H groups in total. The summed E-state index contributed by atoms with van der Waals surface area (Å²) in [4.78, 5) is 9.97. The van der Waals surface area contributed by atoms with Crippen molar-refractivity contribution >= 4 is 6.47 Å². The first kappa shape index (κ1) is 8.05. The number of nitrogens with one attached hydrogen (secondary N) is 1. The van der Waals surface area contributed by atoms with E-state index in [-0.39, 0.29) is 0 Å². The highest BCUT2D eigenvalue weighted by Gasteiger charge is 2.53. The lowest BCUT2D eigenvalue weighted by atomic mass is 9.92. The lowest BCUT2D eigenvalue weighted by Crippen LogP contribution is -2.30. The lowest BCUT2D eigenvalue weighted by Gasteiger charge is -2.23. The molecule has 68 valence electrons. The maximum Gasteiger partial charge on any atom is 0.293 e. The summed E-state index contributed by atoms with van der Waals surface area (Å²) in [5.41, 5.74) is 0.550. The van der Waals surface area contributed by atoms with E-state index in [2.05, 4.69) is 5.32 Å². The van der Waals surface area contributed by atoms with Crippen LogP contribution >= 0.6 is 0 Å². The minimum atomic E-state index is 0.550. The smallest absolute Gasteiger partial charge is 0.293 e. The highest BCUT2D eigenvalue weighted by atomic mass is 16.5. The van der Waals surface area contributed by atoms with Gasteiger partial charge in [-0.15, -0.1) is 0 Å². The van der Waals surface area contributed by atoms with Gasteiger partial charge >= 0.3 is 0 Å². The predicted octanol–water partition coefficient (Wildman–Crippen LogP) is 0.549. The molecule has 0 aromatic rings. The van der Waals surface area contributed by atoms with Crippen LogP contribution in [0.5, 0.6) is 0 Å². The average Bonchev–Trinajstić information content (AvgIpc) is 2.77. The van der Waals surface area contributed by atoms with Gasteiger partial charge in [0.2, 0.25) is 0 Å². The molecule has 2 rings (SSSR count). The van der Waals surface area contributed by atoms with Gasteiger partial charge in [0.05, 0.1) is 6.61 Å². The highest BCUT2D eigenvalue weighted by molar-refractivity contribution is 5.37. The zero-order valence-corrected chi connectivity index (χ0v) is 7.21. The molecule has 2 aliphatic rings. The summed E-state index contributed by atoms with van der Waals surface area (Å²) >= 11 is 0. The van der Waals surface area contributed by atoms with Crippen molar-refractivity contribution in [1.29, 1.82) is 0 Å². The van der Waals surface area contributed by atoms with Crippen LogP contribution in [0.2, 0.25) is 0 Å². The van der Waals surface area contributed by atoms with E-state index in [4.69, 9.17) is 4.74 Å². The summed E-state index contributed by atoms with van der Waals surface area (Å²) in [5.74, 6) is 0.657. The second-order valence-electron chi connectivity index (χ2n) is 3.94. The molecule has 1 atom stereocenters. The molecule has 0 amide bonds. The van der Waals surface area contributed by atoms with Gasteiger partial charge in [0, 0.05) is 0 Å². The third-order valence-electron chi connectivity index (χ3n) is 3.32. The first-order valence-electron chi connectivity index (χ1n) is 4.63. The number of rotatable bonds is 3. The number of piperidine rings is 1. The molecule has 12 heavy (non-hydrogen) atoms. The fraction of sp³-hybridized carbons (Fsp3) is 0.889. The summed E-state index contributed by atoms with van der Waals surface area (Å²) in [6, 6.07) is 0. The molecule has 1 aliphatic heterocycles. The Balaban J connectivity index is 1.79. The summed E-state index contributed by atoms with van der Waals surface area (Å²) in [6.07, 6.45) is 3.79. The van der Waals surface area contributed by atoms with Gasteiger partial charge < -0.3 is 10.1 Å². The number of carbonyl (C=O) groups excluding carboxylic acids is 1. The summed E-state index contributed by atoms with van der Waals surface area (Å²) in [7, 11) is 0. The van der Waals surface area contributed by atoms with E-state index in [1.807, 2.05) is 0 Å². The number of hydrogen-bond acceptors (Lipinski definition) is 3. The number of hydrogen-bond donors (Lipinski definition) is 1. The molecule has 0 aromatic heterocycles. The normalized spacial score (nSPS) is 31.5. The van der Waals surface area contributed by atoms with Gasteiger partial charge in [-0.05, 0) is 43.7 Å². The Labute approximate surface area is 72.5 Å². The first-order valence-corrected chi connectivity index (χ1v) is 4.63. The molecule has 1 spiro atoms. The van der Waals surface area contributed by atoms with Crippen LogP contribution < -0.4 is 5.32 Å². The van der Waals surface area contributed by atoms with Gasteiger partial charge in [-0.25, -0.2) is 0 Å². The van der Waals surface area contributed by atoms with Crippen LogP contribution in [-0.2, 0) is 9.53 Å². The summed E-state index contributed by atoms with van der Waals surface area (Å²) < 4.78 is 4.78. The summed E-state index contributed by atoms with van der Waals surface area (Å²) in [6.45, 7) is 3.48. The van der Waals surface area contributed by atoms with Crippen molar-refractivity contribution in [3.8, 4) is 0 Å². The van der Waals surface area contributed by atoms with E-state index in [1.54, 1.807) is 0 Å². The van der Waals surface area contributed by atoms with Gasteiger partial charge in [0.1, 0.15) is 0 Å². The molecule has 1 heterocycles. The monoisotopic (exact) mass is 169 g/mol. The summed E-state index contributed by atoms with van der Waals surface area (Å²) in [5, 5.41) is 3.35. The van der Waals surface area contributed by atoms with Gasteiger partial charge in [0.25, 0.3) is 6.47 Å². The first-order chi connectivity index (χ1) is 5.87. The zero-order valence-electron chi connectivity index (χ0n) is 7.21. The molecule has 0 aromatic carbocycles. The molecule has 0 radical (unpaired) electrons. The fourth-order valence-electron chi connectivity index (χ4n) is 2.36. The van der Waals surface area contributed by atoms with Crippen molar-refractivity contribution in [3.05, 3.63) is 0 Å². The molecule has 3 nitrogen and oxygen atoms in total. The minimum absolute atomic E-state index is 0.550. The number of ether oxygens (including phenoxy) is 1. The molecule has 1 unspecified atom stereocenters. The van der Waals surface area contributed by atoms with Crippen LogP contribution in [0.1, 0.15) is 19.3 Å². The van der Waals surface area contributed by atoms with Crippen LogP contribution in [0.3, 0.4) is 0 Å². The van der Waals surface area contributed by atoms with E-state index in [9.17, 15) is 4.79 Å². The molecule has 0 bridgehead atoms. The Bertz CT molecular complexity index is 175.